The first-order valence-corrected chi connectivity index (χ1v) is 8.27. The summed E-state index contributed by atoms with van der Waals surface area (Å²) in [6.45, 7) is 1.94. The van der Waals surface area contributed by atoms with E-state index in [9.17, 15) is 4.79 Å². The molecule has 1 aromatic heterocycles. The fourth-order valence-electron chi connectivity index (χ4n) is 3.38. The maximum Gasteiger partial charge on any atom is 0.255 e. The summed E-state index contributed by atoms with van der Waals surface area (Å²) in [4.78, 5) is 17.2. The maximum atomic E-state index is 12.9. The molecule has 1 saturated heterocycles. The van der Waals surface area contributed by atoms with E-state index in [4.69, 9.17) is 0 Å². The van der Waals surface area contributed by atoms with Crippen molar-refractivity contribution in [2.75, 3.05) is 18.4 Å². The van der Waals surface area contributed by atoms with Gasteiger partial charge >= 0.3 is 0 Å². The van der Waals surface area contributed by atoms with Gasteiger partial charge in [0, 0.05) is 23.7 Å². The Morgan fingerprint density at radius 1 is 1.08 bits per heavy atom. The van der Waals surface area contributed by atoms with Crippen molar-refractivity contribution < 1.29 is 4.79 Å². The number of amides is 1. The molecule has 0 unspecified atom stereocenters. The van der Waals surface area contributed by atoms with Crippen molar-refractivity contribution in [3.63, 3.8) is 0 Å². The van der Waals surface area contributed by atoms with E-state index < -0.39 is 0 Å². The van der Waals surface area contributed by atoms with Crippen LogP contribution in [-0.2, 0) is 0 Å². The van der Waals surface area contributed by atoms with E-state index in [-0.39, 0.29) is 5.91 Å². The Balaban J connectivity index is 1.67. The monoisotopic (exact) mass is 317 g/mol. The van der Waals surface area contributed by atoms with Crippen LogP contribution in [0.25, 0.3) is 10.9 Å². The van der Waals surface area contributed by atoms with E-state index >= 15 is 0 Å². The van der Waals surface area contributed by atoms with Crippen molar-refractivity contribution in [3.8, 4) is 0 Å². The summed E-state index contributed by atoms with van der Waals surface area (Å²) in [5, 5.41) is 7.39. The first-order valence-electron chi connectivity index (χ1n) is 8.27. The second kappa shape index (κ2) is 6.42. The zero-order chi connectivity index (χ0) is 16.4. The minimum absolute atomic E-state index is 0.0612. The third-order valence-electron chi connectivity index (χ3n) is 4.60. The fraction of sp³-hybridized carbons (Fsp3) is 0.200. The predicted molar refractivity (Wildman–Crippen MR) is 96.4 cm³/mol. The van der Waals surface area contributed by atoms with Crippen LogP contribution in [-0.4, -0.2) is 24.0 Å². The highest BCUT2D eigenvalue weighted by Gasteiger charge is 2.22. The lowest BCUT2D eigenvalue weighted by molar-refractivity contribution is 0.102. The molecule has 4 rings (SSSR count). The minimum atomic E-state index is -0.0612. The van der Waals surface area contributed by atoms with Gasteiger partial charge in [-0.05, 0) is 54.8 Å². The fourth-order valence-corrected chi connectivity index (χ4v) is 3.38. The third-order valence-corrected chi connectivity index (χ3v) is 4.60. The molecule has 0 saturated carbocycles. The van der Waals surface area contributed by atoms with Gasteiger partial charge in [-0.25, -0.2) is 0 Å². The molecule has 0 radical (unpaired) electrons. The van der Waals surface area contributed by atoms with Gasteiger partial charge in [-0.2, -0.15) is 0 Å². The highest BCUT2D eigenvalue weighted by Crippen LogP contribution is 2.27. The van der Waals surface area contributed by atoms with E-state index in [2.05, 4.69) is 21.7 Å². The predicted octanol–water partition coefficient (Wildman–Crippen LogP) is 3.56. The molecule has 3 aromatic rings. The zero-order valence-corrected chi connectivity index (χ0v) is 13.3. The highest BCUT2D eigenvalue weighted by atomic mass is 16.1. The van der Waals surface area contributed by atoms with Crippen molar-refractivity contribution in [1.29, 1.82) is 0 Å². The van der Waals surface area contributed by atoms with Gasteiger partial charge in [-0.1, -0.05) is 24.3 Å². The van der Waals surface area contributed by atoms with Crippen LogP contribution in [0.3, 0.4) is 0 Å². The van der Waals surface area contributed by atoms with E-state index in [1.807, 2.05) is 48.5 Å². The molecule has 1 atom stereocenters. The van der Waals surface area contributed by atoms with E-state index in [0.717, 1.165) is 47.2 Å². The average molecular weight is 317 g/mol. The number of anilines is 1. The molecule has 24 heavy (non-hydrogen) atoms. The van der Waals surface area contributed by atoms with E-state index in [1.165, 1.54) is 0 Å². The molecule has 2 N–H and O–H groups in total. The Labute approximate surface area is 140 Å². The molecule has 4 nitrogen and oxygen atoms in total. The van der Waals surface area contributed by atoms with Crippen LogP contribution in [0, 0.1) is 0 Å². The number of nitrogens with one attached hydrogen (secondary N) is 2. The van der Waals surface area contributed by atoms with Crippen molar-refractivity contribution in [2.45, 2.75) is 12.3 Å². The van der Waals surface area contributed by atoms with Crippen molar-refractivity contribution in [1.82, 2.24) is 10.3 Å². The molecule has 4 heteroatoms. The number of nitrogens with zero attached hydrogens (tertiary/aromatic N) is 1. The second-order valence-corrected chi connectivity index (χ2v) is 6.11. The van der Waals surface area contributed by atoms with Gasteiger partial charge in [0.05, 0.1) is 11.2 Å². The largest absolute Gasteiger partial charge is 0.321 e. The second-order valence-electron chi connectivity index (χ2n) is 6.11. The Bertz CT molecular complexity index is 879. The minimum Gasteiger partial charge on any atom is -0.321 e. The van der Waals surface area contributed by atoms with Gasteiger partial charge in [0.2, 0.25) is 0 Å². The summed E-state index contributed by atoms with van der Waals surface area (Å²) in [6.07, 6.45) is 2.83. The topological polar surface area (TPSA) is 54.0 Å². The molecule has 2 heterocycles. The van der Waals surface area contributed by atoms with Crippen LogP contribution in [0.1, 0.15) is 28.3 Å². The highest BCUT2D eigenvalue weighted by molar-refractivity contribution is 6.09. The van der Waals surface area contributed by atoms with Gasteiger partial charge in [-0.15, -0.1) is 0 Å². The lowest BCUT2D eigenvalue weighted by Gasteiger charge is -2.15. The SMILES string of the molecule is O=C(Nc1cccc2ncccc12)c1ccccc1[C@@H]1CCNC1. The van der Waals surface area contributed by atoms with Crippen LogP contribution >= 0.6 is 0 Å². The van der Waals surface area contributed by atoms with Crippen LogP contribution in [0.2, 0.25) is 0 Å². The third kappa shape index (κ3) is 2.76. The quantitative estimate of drug-likeness (QED) is 0.776. The van der Waals surface area contributed by atoms with Gasteiger partial charge in [0.1, 0.15) is 0 Å². The number of hydrogen-bond acceptors (Lipinski definition) is 3. The average Bonchev–Trinajstić information content (AvgIpc) is 3.16. The first kappa shape index (κ1) is 14.8. The number of carbonyl (C=O) groups is 1. The Morgan fingerprint density at radius 2 is 2.00 bits per heavy atom. The van der Waals surface area contributed by atoms with Crippen molar-refractivity contribution in [2.24, 2.45) is 0 Å². The summed E-state index contributed by atoms with van der Waals surface area (Å²) < 4.78 is 0. The number of aromatic nitrogens is 1. The number of rotatable bonds is 3. The first-order chi connectivity index (χ1) is 11.8. The van der Waals surface area contributed by atoms with Crippen LogP contribution < -0.4 is 10.6 Å². The van der Waals surface area contributed by atoms with E-state index in [0.29, 0.717) is 5.92 Å². The molecule has 2 aromatic carbocycles. The number of fused-ring (bicyclic) bond motifs is 1. The molecular weight excluding hydrogens is 298 g/mol. The molecule has 1 fully saturated rings. The molecule has 1 aliphatic rings. The summed E-state index contributed by atoms with van der Waals surface area (Å²) >= 11 is 0. The lowest BCUT2D eigenvalue weighted by Crippen LogP contribution is -2.17. The molecule has 0 bridgehead atoms. The molecule has 0 aliphatic carbocycles. The zero-order valence-electron chi connectivity index (χ0n) is 13.3. The number of pyridine rings is 1. The molecule has 1 aliphatic heterocycles. The van der Waals surface area contributed by atoms with Gasteiger partial charge in [0.25, 0.3) is 5.91 Å². The smallest absolute Gasteiger partial charge is 0.255 e. The van der Waals surface area contributed by atoms with Crippen LogP contribution in [0.5, 0.6) is 0 Å². The summed E-state index contributed by atoms with van der Waals surface area (Å²) in [6, 6.07) is 17.5. The van der Waals surface area contributed by atoms with Gasteiger partial charge in [-0.3, -0.25) is 9.78 Å². The summed E-state index contributed by atoms with van der Waals surface area (Å²) in [7, 11) is 0. The van der Waals surface area contributed by atoms with Crippen LogP contribution in [0.15, 0.2) is 60.8 Å². The Hall–Kier alpha value is -2.72. The standard InChI is InChI=1S/C20H19N3O/c24-20(16-6-2-1-5-15(16)14-10-12-21-13-14)23-19-9-3-8-18-17(19)7-4-11-22-18/h1-9,11,14,21H,10,12-13H2,(H,23,24)/t14-/m1/s1. The number of hydrogen-bond donors (Lipinski definition) is 2. The van der Waals surface area contributed by atoms with E-state index in [1.54, 1.807) is 6.20 Å². The number of benzene rings is 2. The van der Waals surface area contributed by atoms with Crippen molar-refractivity contribution in [3.05, 3.63) is 71.9 Å². The molecule has 120 valence electrons. The van der Waals surface area contributed by atoms with Crippen molar-refractivity contribution >= 4 is 22.5 Å². The molecule has 1 amide bonds. The molecular formula is C20H19N3O. The summed E-state index contributed by atoms with van der Waals surface area (Å²) in [5.74, 6) is 0.343. The maximum absolute atomic E-state index is 12.9. The molecule has 0 spiro atoms. The number of carbonyl (C=O) groups excluding carboxylic acids is 1. The lowest BCUT2D eigenvalue weighted by atomic mass is 9.93. The Morgan fingerprint density at radius 3 is 2.88 bits per heavy atom. The van der Waals surface area contributed by atoms with Gasteiger partial charge in [0.15, 0.2) is 0 Å². The Kier molecular flexibility index (Phi) is 3.97. The van der Waals surface area contributed by atoms with Crippen LogP contribution in [0.4, 0.5) is 5.69 Å². The summed E-state index contributed by atoms with van der Waals surface area (Å²) in [5.41, 5.74) is 3.55. The normalized spacial score (nSPS) is 17.1. The van der Waals surface area contributed by atoms with Gasteiger partial charge < -0.3 is 10.6 Å².